The Labute approximate surface area is 116 Å². The zero-order valence-electron chi connectivity index (χ0n) is 11.0. The van der Waals surface area contributed by atoms with Gasteiger partial charge in [-0.2, -0.15) is 0 Å². The third-order valence-corrected chi connectivity index (χ3v) is 2.79. The second-order valence-corrected chi connectivity index (χ2v) is 4.14. The third kappa shape index (κ3) is 2.86. The molecular formula is C14H15N3O3. The van der Waals surface area contributed by atoms with Crippen molar-refractivity contribution in [3.63, 3.8) is 0 Å². The Kier molecular flexibility index (Phi) is 4.17. The molecule has 2 rings (SSSR count). The van der Waals surface area contributed by atoms with Crippen LogP contribution in [0.1, 0.15) is 15.9 Å². The van der Waals surface area contributed by atoms with E-state index in [1.54, 1.807) is 7.11 Å². The van der Waals surface area contributed by atoms with E-state index in [1.165, 1.54) is 12.3 Å². The number of methoxy groups -OCH3 is 1. The Morgan fingerprint density at radius 3 is 2.85 bits per heavy atom. The van der Waals surface area contributed by atoms with Crippen LogP contribution in [-0.2, 0) is 11.3 Å². The Morgan fingerprint density at radius 2 is 2.15 bits per heavy atom. The summed E-state index contributed by atoms with van der Waals surface area (Å²) >= 11 is 0. The number of ether oxygens (including phenoxy) is 1. The smallest absolute Gasteiger partial charge is 0.337 e. The first-order valence-electron chi connectivity index (χ1n) is 5.95. The molecule has 0 aliphatic carbocycles. The maximum absolute atomic E-state index is 11.0. The van der Waals surface area contributed by atoms with E-state index in [9.17, 15) is 4.79 Å². The van der Waals surface area contributed by atoms with Crippen molar-refractivity contribution < 1.29 is 14.6 Å². The van der Waals surface area contributed by atoms with E-state index in [4.69, 9.17) is 15.6 Å². The Balaban J connectivity index is 2.35. The van der Waals surface area contributed by atoms with Crippen molar-refractivity contribution in [2.24, 2.45) is 0 Å². The van der Waals surface area contributed by atoms with Crippen LogP contribution in [0.25, 0.3) is 0 Å². The summed E-state index contributed by atoms with van der Waals surface area (Å²) in [6, 6.07) is 8.87. The number of pyridine rings is 1. The molecule has 104 valence electrons. The zero-order valence-corrected chi connectivity index (χ0v) is 11.0. The molecule has 0 aliphatic rings. The van der Waals surface area contributed by atoms with E-state index >= 15 is 0 Å². The van der Waals surface area contributed by atoms with Gasteiger partial charge in [-0.1, -0.05) is 18.2 Å². The molecule has 6 nitrogen and oxygen atoms in total. The lowest BCUT2D eigenvalue weighted by atomic mass is 10.1. The molecule has 6 heteroatoms. The molecule has 0 saturated carbocycles. The molecule has 0 bridgehead atoms. The van der Waals surface area contributed by atoms with Crippen molar-refractivity contribution in [1.29, 1.82) is 0 Å². The van der Waals surface area contributed by atoms with Crippen LogP contribution in [0.4, 0.5) is 17.2 Å². The zero-order chi connectivity index (χ0) is 14.5. The highest BCUT2D eigenvalue weighted by Crippen LogP contribution is 2.26. The molecule has 0 amide bonds. The van der Waals surface area contributed by atoms with Crippen LogP contribution in [-0.4, -0.2) is 23.2 Å². The number of aromatic carboxylic acids is 1. The summed E-state index contributed by atoms with van der Waals surface area (Å²) in [6.07, 6.45) is 1.40. The number of carbonyl (C=O) groups is 1. The number of hydrogen-bond acceptors (Lipinski definition) is 5. The Morgan fingerprint density at radius 1 is 1.40 bits per heavy atom. The van der Waals surface area contributed by atoms with Gasteiger partial charge in [-0.3, -0.25) is 0 Å². The number of nitrogens with zero attached hydrogens (tertiary/aromatic N) is 1. The lowest BCUT2D eigenvalue weighted by molar-refractivity contribution is 0.0698. The number of nitrogens with one attached hydrogen (secondary N) is 1. The number of hydrogen-bond donors (Lipinski definition) is 3. The normalized spacial score (nSPS) is 10.2. The lowest BCUT2D eigenvalue weighted by Gasteiger charge is -2.13. The van der Waals surface area contributed by atoms with E-state index in [-0.39, 0.29) is 11.3 Å². The van der Waals surface area contributed by atoms with Gasteiger partial charge < -0.3 is 20.9 Å². The summed E-state index contributed by atoms with van der Waals surface area (Å²) in [7, 11) is 1.61. The number of benzene rings is 1. The minimum absolute atomic E-state index is 0.0201. The molecule has 0 spiro atoms. The first kappa shape index (κ1) is 13.8. The van der Waals surface area contributed by atoms with Gasteiger partial charge >= 0.3 is 5.97 Å². The fraction of sp³-hybridized carbons (Fsp3) is 0.143. The van der Waals surface area contributed by atoms with Gasteiger partial charge in [-0.05, 0) is 12.1 Å². The topological polar surface area (TPSA) is 97.5 Å². The van der Waals surface area contributed by atoms with Gasteiger partial charge in [0.25, 0.3) is 0 Å². The highest BCUT2D eigenvalue weighted by molar-refractivity contribution is 5.96. The number of nitrogen functional groups attached to an aromatic ring is 1. The van der Waals surface area contributed by atoms with E-state index in [0.29, 0.717) is 12.4 Å². The molecule has 0 radical (unpaired) electrons. The minimum atomic E-state index is -1.09. The number of rotatable bonds is 5. The van der Waals surface area contributed by atoms with Crippen LogP contribution in [0.15, 0.2) is 36.5 Å². The summed E-state index contributed by atoms with van der Waals surface area (Å²) in [6.45, 7) is 0.432. The maximum atomic E-state index is 11.0. The Hall–Kier alpha value is -2.60. The summed E-state index contributed by atoms with van der Waals surface area (Å²) in [5.41, 5.74) is 7.64. The predicted octanol–water partition coefficient (Wildman–Crippen LogP) is 2.25. The van der Waals surface area contributed by atoms with Gasteiger partial charge in [0.15, 0.2) is 5.82 Å². The van der Waals surface area contributed by atoms with Crippen LogP contribution in [0.2, 0.25) is 0 Å². The monoisotopic (exact) mass is 273 g/mol. The number of anilines is 3. The summed E-state index contributed by atoms with van der Waals surface area (Å²) in [5.74, 6) is -0.772. The molecular weight excluding hydrogens is 258 g/mol. The van der Waals surface area contributed by atoms with E-state index < -0.39 is 5.97 Å². The van der Waals surface area contributed by atoms with Gasteiger partial charge in [-0.15, -0.1) is 0 Å². The summed E-state index contributed by atoms with van der Waals surface area (Å²) in [4.78, 5) is 15.1. The number of carboxylic acid groups (broad SMARTS) is 1. The van der Waals surface area contributed by atoms with Crippen LogP contribution in [0.3, 0.4) is 0 Å². The second kappa shape index (κ2) is 6.03. The van der Waals surface area contributed by atoms with Crippen molar-refractivity contribution in [3.05, 3.63) is 47.7 Å². The highest BCUT2D eigenvalue weighted by atomic mass is 16.5. The van der Waals surface area contributed by atoms with E-state index in [0.717, 1.165) is 11.3 Å². The van der Waals surface area contributed by atoms with Crippen LogP contribution in [0.5, 0.6) is 0 Å². The average molecular weight is 273 g/mol. The molecule has 0 atom stereocenters. The SMILES string of the molecule is COCc1ccccc1Nc1nccc(C(=O)O)c1N. The number of nitrogens with two attached hydrogens (primary N) is 1. The highest BCUT2D eigenvalue weighted by Gasteiger charge is 2.13. The van der Waals surface area contributed by atoms with E-state index in [1.807, 2.05) is 24.3 Å². The van der Waals surface area contributed by atoms with Crippen LogP contribution < -0.4 is 11.1 Å². The van der Waals surface area contributed by atoms with Crippen molar-refractivity contribution >= 4 is 23.2 Å². The Bertz CT molecular complexity index is 629. The van der Waals surface area contributed by atoms with Gasteiger partial charge in [0, 0.05) is 24.6 Å². The van der Waals surface area contributed by atoms with Gasteiger partial charge in [0.2, 0.25) is 0 Å². The van der Waals surface area contributed by atoms with Crippen molar-refractivity contribution in [2.75, 3.05) is 18.2 Å². The standard InChI is InChI=1S/C14H15N3O3/c1-20-8-9-4-2-3-5-11(9)17-13-12(15)10(14(18)19)6-7-16-13/h2-7H,8,15H2,1H3,(H,16,17)(H,18,19). The van der Waals surface area contributed by atoms with Crippen LogP contribution >= 0.6 is 0 Å². The third-order valence-electron chi connectivity index (χ3n) is 2.79. The largest absolute Gasteiger partial charge is 0.478 e. The van der Waals surface area contributed by atoms with Crippen molar-refractivity contribution in [1.82, 2.24) is 4.98 Å². The van der Waals surface area contributed by atoms with Gasteiger partial charge in [0.1, 0.15) is 0 Å². The lowest BCUT2D eigenvalue weighted by Crippen LogP contribution is -2.07. The minimum Gasteiger partial charge on any atom is -0.478 e. The fourth-order valence-corrected chi connectivity index (χ4v) is 1.81. The quantitative estimate of drug-likeness (QED) is 0.773. The molecule has 0 fully saturated rings. The first-order valence-corrected chi connectivity index (χ1v) is 5.95. The molecule has 0 unspecified atom stereocenters. The van der Waals surface area contributed by atoms with Crippen molar-refractivity contribution in [3.8, 4) is 0 Å². The van der Waals surface area contributed by atoms with Gasteiger partial charge in [0.05, 0.1) is 17.9 Å². The number of aromatic nitrogens is 1. The van der Waals surface area contributed by atoms with Gasteiger partial charge in [-0.25, -0.2) is 9.78 Å². The molecule has 0 saturated heterocycles. The fourth-order valence-electron chi connectivity index (χ4n) is 1.81. The first-order chi connectivity index (χ1) is 9.63. The van der Waals surface area contributed by atoms with E-state index in [2.05, 4.69) is 10.3 Å². The predicted molar refractivity (Wildman–Crippen MR) is 76.0 cm³/mol. The molecule has 20 heavy (non-hydrogen) atoms. The molecule has 1 aromatic heterocycles. The molecule has 0 aliphatic heterocycles. The van der Waals surface area contributed by atoms with Crippen LogP contribution in [0, 0.1) is 0 Å². The molecule has 2 aromatic rings. The van der Waals surface area contributed by atoms with Crippen molar-refractivity contribution in [2.45, 2.75) is 6.61 Å². The molecule has 1 aromatic carbocycles. The molecule has 1 heterocycles. The summed E-state index contributed by atoms with van der Waals surface area (Å²) in [5, 5.41) is 12.1. The number of carboxylic acids is 1. The average Bonchev–Trinajstić information content (AvgIpc) is 2.43. The second-order valence-electron chi connectivity index (χ2n) is 4.14. The number of para-hydroxylation sites is 1. The summed E-state index contributed by atoms with van der Waals surface area (Å²) < 4.78 is 5.11. The maximum Gasteiger partial charge on any atom is 0.337 e. The molecule has 4 N–H and O–H groups in total.